The summed E-state index contributed by atoms with van der Waals surface area (Å²) in [5, 5.41) is 4.11. The van der Waals surface area contributed by atoms with Gasteiger partial charge in [0, 0.05) is 12.4 Å². The van der Waals surface area contributed by atoms with Crippen LogP contribution in [0.15, 0.2) is 67.0 Å². The molecule has 3 aromatic rings. The van der Waals surface area contributed by atoms with Crippen molar-refractivity contribution >= 4 is 5.97 Å². The van der Waals surface area contributed by atoms with Crippen molar-refractivity contribution in [2.24, 2.45) is 0 Å². The lowest BCUT2D eigenvalue weighted by Gasteiger charge is -2.10. The Kier molecular flexibility index (Phi) is 5.44. The zero-order valence-electron chi connectivity index (χ0n) is 14.0. The number of halogens is 3. The molecule has 0 bridgehead atoms. The van der Waals surface area contributed by atoms with Gasteiger partial charge in [0.2, 0.25) is 0 Å². The second-order valence-electron chi connectivity index (χ2n) is 5.59. The van der Waals surface area contributed by atoms with Crippen molar-refractivity contribution in [3.8, 4) is 11.4 Å². The lowest BCUT2D eigenvalue weighted by atomic mass is 10.2. The molecule has 140 valence electrons. The van der Waals surface area contributed by atoms with Gasteiger partial charge in [0.25, 0.3) is 0 Å². The molecule has 0 aliphatic heterocycles. The van der Waals surface area contributed by atoms with E-state index in [1.807, 2.05) is 12.1 Å². The summed E-state index contributed by atoms with van der Waals surface area (Å²) in [4.78, 5) is 11.7. The van der Waals surface area contributed by atoms with Crippen molar-refractivity contribution in [1.82, 2.24) is 9.78 Å². The van der Waals surface area contributed by atoms with Gasteiger partial charge in [0.15, 0.2) is 6.61 Å². The maximum atomic E-state index is 12.6. The van der Waals surface area contributed by atoms with Gasteiger partial charge < -0.3 is 9.47 Å². The number of aromatic nitrogens is 2. The minimum atomic E-state index is -4.47. The maximum Gasteiger partial charge on any atom is 0.416 e. The van der Waals surface area contributed by atoms with Crippen LogP contribution in [0.3, 0.4) is 0 Å². The Morgan fingerprint density at radius 3 is 2.52 bits per heavy atom. The molecule has 2 aromatic carbocycles. The number of hydrogen-bond acceptors (Lipinski definition) is 4. The Hall–Kier alpha value is -3.29. The normalized spacial score (nSPS) is 11.2. The molecule has 5 nitrogen and oxygen atoms in total. The fraction of sp³-hybridized carbons (Fsp3) is 0.158. The summed E-state index contributed by atoms with van der Waals surface area (Å²) in [6.07, 6.45) is -0.998. The minimum absolute atomic E-state index is 0.0319. The summed E-state index contributed by atoms with van der Waals surface area (Å²) in [5.41, 5.74) is 0.784. The van der Waals surface area contributed by atoms with E-state index in [9.17, 15) is 18.0 Å². The first-order chi connectivity index (χ1) is 12.9. The van der Waals surface area contributed by atoms with Crippen molar-refractivity contribution in [2.45, 2.75) is 12.8 Å². The average molecular weight is 376 g/mol. The lowest BCUT2D eigenvalue weighted by Crippen LogP contribution is -2.15. The van der Waals surface area contributed by atoms with Gasteiger partial charge in [0.1, 0.15) is 12.4 Å². The van der Waals surface area contributed by atoms with Crippen LogP contribution in [0.2, 0.25) is 0 Å². The summed E-state index contributed by atoms with van der Waals surface area (Å²) in [6, 6.07) is 13.4. The van der Waals surface area contributed by atoms with Crippen molar-refractivity contribution in [2.75, 3.05) is 6.61 Å². The molecule has 0 saturated carbocycles. The summed E-state index contributed by atoms with van der Waals surface area (Å²) >= 11 is 0. The highest BCUT2D eigenvalue weighted by Crippen LogP contribution is 2.31. The molecule has 8 heteroatoms. The third-order valence-corrected chi connectivity index (χ3v) is 3.62. The third-order valence-electron chi connectivity index (χ3n) is 3.62. The highest BCUT2D eigenvalue weighted by molar-refractivity contribution is 5.71. The van der Waals surface area contributed by atoms with E-state index < -0.39 is 24.3 Å². The van der Waals surface area contributed by atoms with E-state index in [1.165, 1.54) is 12.1 Å². The predicted octanol–water partition coefficient (Wildman–Crippen LogP) is 4.01. The first kappa shape index (κ1) is 18.5. The van der Waals surface area contributed by atoms with E-state index in [0.717, 1.165) is 23.4 Å². The first-order valence-corrected chi connectivity index (χ1v) is 7.96. The van der Waals surface area contributed by atoms with E-state index in [-0.39, 0.29) is 12.4 Å². The number of rotatable bonds is 6. The number of carbonyl (C=O) groups is 1. The Morgan fingerprint density at radius 1 is 1.07 bits per heavy atom. The minimum Gasteiger partial charge on any atom is -0.482 e. The van der Waals surface area contributed by atoms with Gasteiger partial charge >= 0.3 is 12.1 Å². The van der Waals surface area contributed by atoms with Gasteiger partial charge in [-0.1, -0.05) is 18.2 Å². The van der Waals surface area contributed by atoms with Gasteiger partial charge in [-0.3, -0.25) is 0 Å². The van der Waals surface area contributed by atoms with Gasteiger partial charge in [-0.2, -0.15) is 18.3 Å². The quantitative estimate of drug-likeness (QED) is 0.610. The highest BCUT2D eigenvalue weighted by atomic mass is 19.4. The molecular formula is C19H15F3N2O3. The molecule has 0 saturated heterocycles. The van der Waals surface area contributed by atoms with Crippen LogP contribution in [0.1, 0.15) is 11.1 Å². The molecule has 0 aliphatic rings. The molecule has 0 atom stereocenters. The summed E-state index contributed by atoms with van der Waals surface area (Å²) in [5.74, 6) is -0.728. The van der Waals surface area contributed by atoms with Crippen LogP contribution in [0.5, 0.6) is 5.75 Å². The number of nitrogens with zero attached hydrogens (tertiary/aromatic N) is 2. The molecular weight excluding hydrogens is 361 g/mol. The topological polar surface area (TPSA) is 53.4 Å². The van der Waals surface area contributed by atoms with Crippen LogP contribution in [0, 0.1) is 0 Å². The predicted molar refractivity (Wildman–Crippen MR) is 90.3 cm³/mol. The molecule has 27 heavy (non-hydrogen) atoms. The van der Waals surface area contributed by atoms with Crippen LogP contribution >= 0.6 is 0 Å². The van der Waals surface area contributed by atoms with E-state index in [1.54, 1.807) is 35.3 Å². The Morgan fingerprint density at radius 2 is 1.85 bits per heavy atom. The second-order valence-corrected chi connectivity index (χ2v) is 5.59. The van der Waals surface area contributed by atoms with E-state index in [0.29, 0.717) is 0 Å². The van der Waals surface area contributed by atoms with Crippen LogP contribution < -0.4 is 4.74 Å². The summed E-state index contributed by atoms with van der Waals surface area (Å²) in [7, 11) is 0. The Balaban J connectivity index is 1.49. The summed E-state index contributed by atoms with van der Waals surface area (Å²) in [6.45, 7) is -0.448. The number of hydrogen-bond donors (Lipinski definition) is 0. The van der Waals surface area contributed by atoms with Crippen LogP contribution in [0.25, 0.3) is 5.69 Å². The Labute approximate surface area is 152 Å². The molecule has 0 radical (unpaired) electrons. The van der Waals surface area contributed by atoms with Gasteiger partial charge in [-0.05, 0) is 42.0 Å². The molecule has 0 unspecified atom stereocenters. The zero-order valence-corrected chi connectivity index (χ0v) is 14.0. The molecule has 3 rings (SSSR count). The monoisotopic (exact) mass is 376 g/mol. The van der Waals surface area contributed by atoms with Crippen molar-refractivity contribution in [3.05, 3.63) is 78.1 Å². The van der Waals surface area contributed by atoms with Crippen LogP contribution in [0.4, 0.5) is 13.2 Å². The smallest absolute Gasteiger partial charge is 0.416 e. The molecule has 0 amide bonds. The summed E-state index contributed by atoms with van der Waals surface area (Å²) < 4.78 is 49.8. The number of alkyl halides is 3. The van der Waals surface area contributed by atoms with E-state index >= 15 is 0 Å². The van der Waals surface area contributed by atoms with Crippen LogP contribution in [-0.4, -0.2) is 22.4 Å². The second kappa shape index (κ2) is 7.94. The number of benzene rings is 2. The fourth-order valence-electron chi connectivity index (χ4n) is 2.28. The third kappa shape index (κ3) is 5.10. The Bertz CT molecular complexity index is 891. The molecule has 0 aliphatic carbocycles. The van der Waals surface area contributed by atoms with Crippen molar-refractivity contribution in [3.63, 3.8) is 0 Å². The number of esters is 1. The maximum absolute atomic E-state index is 12.6. The SMILES string of the molecule is O=C(COc1cccc(C(F)(F)F)c1)OCc1ccc(-n2cccn2)cc1. The number of carbonyl (C=O) groups excluding carboxylic acids is 1. The molecule has 0 N–H and O–H groups in total. The van der Waals surface area contributed by atoms with Gasteiger partial charge in [0.05, 0.1) is 11.3 Å². The van der Waals surface area contributed by atoms with Gasteiger partial charge in [-0.15, -0.1) is 0 Å². The van der Waals surface area contributed by atoms with Crippen molar-refractivity contribution in [1.29, 1.82) is 0 Å². The van der Waals surface area contributed by atoms with Gasteiger partial charge in [-0.25, -0.2) is 9.48 Å². The van der Waals surface area contributed by atoms with E-state index in [2.05, 4.69) is 5.10 Å². The molecule has 0 fully saturated rings. The molecule has 1 heterocycles. The lowest BCUT2D eigenvalue weighted by molar-refractivity contribution is -0.147. The molecule has 0 spiro atoms. The largest absolute Gasteiger partial charge is 0.482 e. The van der Waals surface area contributed by atoms with Crippen molar-refractivity contribution < 1.29 is 27.4 Å². The van der Waals surface area contributed by atoms with E-state index in [4.69, 9.17) is 9.47 Å². The highest BCUT2D eigenvalue weighted by Gasteiger charge is 2.30. The number of ether oxygens (including phenoxy) is 2. The average Bonchev–Trinajstić information content (AvgIpc) is 3.19. The standard InChI is InChI=1S/C19H15F3N2O3/c20-19(21,22)15-3-1-4-17(11-15)26-13-18(25)27-12-14-5-7-16(8-6-14)24-10-2-9-23-24/h1-11H,12-13H2. The molecule has 1 aromatic heterocycles. The first-order valence-electron chi connectivity index (χ1n) is 7.96. The fourth-order valence-corrected chi connectivity index (χ4v) is 2.28. The van der Waals surface area contributed by atoms with Crippen LogP contribution in [-0.2, 0) is 22.3 Å². The zero-order chi connectivity index (χ0) is 19.3.